The van der Waals surface area contributed by atoms with E-state index in [2.05, 4.69) is 10.9 Å². The number of nitrogens with one attached hydrogen (secondary N) is 1. The van der Waals surface area contributed by atoms with Crippen molar-refractivity contribution >= 4 is 0 Å². The highest BCUT2D eigenvalue weighted by Gasteiger charge is 2.44. The number of aromatic amines is 1. The normalized spacial score (nSPS) is 18.1. The Morgan fingerprint density at radius 3 is 2.26 bits per heavy atom. The summed E-state index contributed by atoms with van der Waals surface area (Å²) in [6, 6.07) is 24.9. The zero-order valence-electron chi connectivity index (χ0n) is 23.8. The van der Waals surface area contributed by atoms with Crippen molar-refractivity contribution in [1.82, 2.24) is 9.55 Å². The van der Waals surface area contributed by atoms with Crippen LogP contribution in [-0.4, -0.2) is 54.3 Å². The molecule has 3 unspecified atom stereocenters. The average Bonchev–Trinajstić information content (AvgIpc) is 3.41. The van der Waals surface area contributed by atoms with Gasteiger partial charge in [-0.15, -0.1) is 6.42 Å². The van der Waals surface area contributed by atoms with Gasteiger partial charge in [0, 0.05) is 12.0 Å². The predicted octanol–water partition coefficient (Wildman–Crippen LogP) is 3.22. The van der Waals surface area contributed by atoms with Gasteiger partial charge in [0.25, 0.3) is 5.56 Å². The van der Waals surface area contributed by atoms with E-state index in [1.807, 2.05) is 72.8 Å². The summed E-state index contributed by atoms with van der Waals surface area (Å²) in [7, 11) is 3.14. The van der Waals surface area contributed by atoms with Crippen LogP contribution < -0.4 is 25.5 Å². The number of methoxy groups -OCH3 is 2. The molecule has 3 atom stereocenters. The molecule has 1 saturated heterocycles. The summed E-state index contributed by atoms with van der Waals surface area (Å²) in [5.41, 5.74) is -0.330. The first-order valence-electron chi connectivity index (χ1n) is 13.6. The third-order valence-electron chi connectivity index (χ3n) is 7.37. The van der Waals surface area contributed by atoms with Crippen LogP contribution in [0.2, 0.25) is 0 Å². The van der Waals surface area contributed by atoms with Crippen LogP contribution in [-0.2, 0) is 15.1 Å². The van der Waals surface area contributed by atoms with E-state index in [1.165, 1.54) is 10.8 Å². The number of ether oxygens (including phenoxy) is 5. The number of aromatic nitrogens is 2. The van der Waals surface area contributed by atoms with Gasteiger partial charge in [-0.1, -0.05) is 78.7 Å². The summed E-state index contributed by atoms with van der Waals surface area (Å²) >= 11 is 0. The summed E-state index contributed by atoms with van der Waals surface area (Å²) in [4.78, 5) is 27.0. The number of para-hydroxylation sites is 1. The molecule has 2 heterocycles. The second-order valence-corrected chi connectivity index (χ2v) is 9.85. The largest absolute Gasteiger partial charge is 0.493 e. The number of hydrogen-bond acceptors (Lipinski definition) is 8. The molecule has 2 N–H and O–H groups in total. The Morgan fingerprint density at radius 2 is 1.65 bits per heavy atom. The second kappa shape index (κ2) is 13.0. The Kier molecular flexibility index (Phi) is 8.97. The van der Waals surface area contributed by atoms with E-state index in [-0.39, 0.29) is 25.4 Å². The molecule has 0 amide bonds. The Hall–Kier alpha value is -4.82. The third kappa shape index (κ3) is 5.79. The molecule has 1 fully saturated rings. The number of aliphatic hydroxyl groups is 1. The number of H-pyrrole nitrogens is 1. The minimum Gasteiger partial charge on any atom is -0.493 e. The van der Waals surface area contributed by atoms with Crippen molar-refractivity contribution < 1.29 is 28.8 Å². The second-order valence-electron chi connectivity index (χ2n) is 9.85. The van der Waals surface area contributed by atoms with Gasteiger partial charge < -0.3 is 28.8 Å². The highest BCUT2D eigenvalue weighted by Crippen LogP contribution is 2.47. The van der Waals surface area contributed by atoms with Crippen LogP contribution in [0.4, 0.5) is 0 Å². The molecule has 0 aliphatic carbocycles. The van der Waals surface area contributed by atoms with Gasteiger partial charge in [0.1, 0.15) is 24.5 Å². The minimum absolute atomic E-state index is 0.0691. The van der Waals surface area contributed by atoms with E-state index in [0.717, 1.165) is 11.1 Å². The third-order valence-corrected chi connectivity index (χ3v) is 7.37. The fourth-order valence-corrected chi connectivity index (χ4v) is 5.38. The minimum atomic E-state index is -1.21. The van der Waals surface area contributed by atoms with E-state index >= 15 is 0 Å². The Labute approximate surface area is 248 Å². The number of aliphatic hydroxyl groups excluding tert-OH is 1. The maximum absolute atomic E-state index is 12.7. The molecule has 0 radical (unpaired) electrons. The lowest BCUT2D eigenvalue weighted by Crippen LogP contribution is -2.38. The van der Waals surface area contributed by atoms with Gasteiger partial charge in [-0.3, -0.25) is 14.3 Å². The average molecular weight is 585 g/mol. The summed E-state index contributed by atoms with van der Waals surface area (Å²) in [5.74, 6) is 3.16. The van der Waals surface area contributed by atoms with Crippen LogP contribution in [0.1, 0.15) is 29.3 Å². The SMILES string of the molecule is C#CCOc1cn(C2CC(O)C(COC(c3ccccc3)(c3ccccc3)c3cccc(OC)c3OC)O2)c(=O)[nH]c1=O. The lowest BCUT2D eigenvalue weighted by molar-refractivity contribution is -0.0949. The van der Waals surface area contributed by atoms with Crippen molar-refractivity contribution in [2.24, 2.45) is 0 Å². The summed E-state index contributed by atoms with van der Waals surface area (Å²) in [6.45, 7) is -0.221. The molecule has 1 aliphatic rings. The van der Waals surface area contributed by atoms with Crippen LogP contribution in [0.5, 0.6) is 17.2 Å². The van der Waals surface area contributed by atoms with Crippen LogP contribution in [0, 0.1) is 12.3 Å². The van der Waals surface area contributed by atoms with Gasteiger partial charge in [0.15, 0.2) is 11.5 Å². The highest BCUT2D eigenvalue weighted by atomic mass is 16.6. The number of nitrogens with zero attached hydrogens (tertiary/aromatic N) is 1. The standard InChI is InChI=1S/C33H32N2O8/c1-4-18-41-27-20-35(32(38)34-31(27)37)29-19-25(36)28(43-29)21-42-33(22-12-7-5-8-13-22,23-14-9-6-10-15-23)24-16-11-17-26(39-2)30(24)40-3/h1,5-17,20,25,28-29,36H,18-19,21H2,2-3H3,(H,34,37,38). The molecule has 5 rings (SSSR count). The fourth-order valence-electron chi connectivity index (χ4n) is 5.38. The summed E-state index contributed by atoms with van der Waals surface area (Å²) in [6.07, 6.45) is 3.83. The van der Waals surface area contributed by atoms with Crippen molar-refractivity contribution in [2.45, 2.75) is 30.5 Å². The van der Waals surface area contributed by atoms with Gasteiger partial charge >= 0.3 is 5.69 Å². The van der Waals surface area contributed by atoms with E-state index in [0.29, 0.717) is 17.1 Å². The van der Waals surface area contributed by atoms with Crippen LogP contribution >= 0.6 is 0 Å². The summed E-state index contributed by atoms with van der Waals surface area (Å²) in [5, 5.41) is 11.1. The molecular formula is C33H32N2O8. The summed E-state index contributed by atoms with van der Waals surface area (Å²) < 4.78 is 31.0. The highest BCUT2D eigenvalue weighted by molar-refractivity contribution is 5.57. The van der Waals surface area contributed by atoms with E-state index < -0.39 is 35.3 Å². The first-order valence-corrected chi connectivity index (χ1v) is 13.6. The zero-order valence-corrected chi connectivity index (χ0v) is 23.8. The van der Waals surface area contributed by atoms with Crippen molar-refractivity contribution in [3.63, 3.8) is 0 Å². The maximum atomic E-state index is 12.7. The van der Waals surface area contributed by atoms with E-state index in [9.17, 15) is 14.7 Å². The molecule has 4 aromatic rings. The Morgan fingerprint density at radius 1 is 0.977 bits per heavy atom. The lowest BCUT2D eigenvalue weighted by Gasteiger charge is -2.38. The Balaban J connectivity index is 1.55. The first kappa shape index (κ1) is 29.7. The van der Waals surface area contributed by atoms with Gasteiger partial charge in [-0.05, 0) is 17.2 Å². The van der Waals surface area contributed by atoms with Crippen molar-refractivity contribution in [1.29, 1.82) is 0 Å². The molecule has 43 heavy (non-hydrogen) atoms. The quantitative estimate of drug-likeness (QED) is 0.204. The van der Waals surface area contributed by atoms with Crippen LogP contribution in [0.3, 0.4) is 0 Å². The van der Waals surface area contributed by atoms with E-state index in [4.69, 9.17) is 30.1 Å². The zero-order chi connectivity index (χ0) is 30.4. The topological polar surface area (TPSA) is 121 Å². The molecule has 0 spiro atoms. The van der Waals surface area contributed by atoms with Gasteiger partial charge in [0.2, 0.25) is 5.75 Å². The molecule has 10 nitrogen and oxygen atoms in total. The molecule has 1 aliphatic heterocycles. The molecule has 222 valence electrons. The van der Waals surface area contributed by atoms with E-state index in [1.54, 1.807) is 20.3 Å². The Bertz CT molecular complexity index is 1650. The first-order chi connectivity index (χ1) is 20.9. The lowest BCUT2D eigenvalue weighted by atomic mass is 9.79. The molecule has 0 saturated carbocycles. The maximum Gasteiger partial charge on any atom is 0.330 e. The fraction of sp³-hybridized carbons (Fsp3) is 0.273. The monoisotopic (exact) mass is 584 g/mol. The van der Waals surface area contributed by atoms with Gasteiger partial charge in [-0.25, -0.2) is 4.79 Å². The molecular weight excluding hydrogens is 552 g/mol. The molecule has 1 aromatic heterocycles. The number of benzene rings is 3. The number of hydrogen-bond donors (Lipinski definition) is 2. The number of rotatable bonds is 11. The van der Waals surface area contributed by atoms with Crippen molar-refractivity contribution in [2.75, 3.05) is 27.4 Å². The van der Waals surface area contributed by atoms with Crippen LogP contribution in [0.25, 0.3) is 0 Å². The van der Waals surface area contributed by atoms with Crippen molar-refractivity contribution in [3.05, 3.63) is 123 Å². The molecule has 0 bridgehead atoms. The van der Waals surface area contributed by atoms with Crippen LogP contribution in [0.15, 0.2) is 94.6 Å². The molecule has 10 heteroatoms. The predicted molar refractivity (Wildman–Crippen MR) is 158 cm³/mol. The van der Waals surface area contributed by atoms with Crippen molar-refractivity contribution in [3.8, 4) is 29.6 Å². The number of terminal acetylenes is 1. The smallest absolute Gasteiger partial charge is 0.330 e. The molecule has 3 aromatic carbocycles. The van der Waals surface area contributed by atoms with Gasteiger partial charge in [0.05, 0.1) is 33.1 Å². The van der Waals surface area contributed by atoms with Gasteiger partial charge in [-0.2, -0.15) is 0 Å².